The van der Waals surface area contributed by atoms with Crippen molar-refractivity contribution in [2.24, 2.45) is 5.92 Å². The molecule has 0 spiro atoms. The van der Waals surface area contributed by atoms with Gasteiger partial charge in [0.2, 0.25) is 0 Å². The van der Waals surface area contributed by atoms with Gasteiger partial charge < -0.3 is 9.84 Å². The Hall–Kier alpha value is -0.500. The predicted molar refractivity (Wildman–Crippen MR) is 39.5 cm³/mol. The average molecular weight is 142 g/mol. The normalized spacial score (nSPS) is 33.6. The Balaban J connectivity index is 2.42. The molecule has 1 heterocycles. The molecule has 1 rings (SSSR count). The first-order valence-corrected chi connectivity index (χ1v) is 3.67. The van der Waals surface area contributed by atoms with Crippen LogP contribution in [0.1, 0.15) is 19.8 Å². The molecule has 1 N–H and O–H groups in total. The molecular weight excluding hydrogens is 128 g/mol. The van der Waals surface area contributed by atoms with Crippen LogP contribution in [0.25, 0.3) is 0 Å². The Labute approximate surface area is 61.5 Å². The molecule has 1 saturated heterocycles. The first-order chi connectivity index (χ1) is 4.72. The van der Waals surface area contributed by atoms with Crippen molar-refractivity contribution in [3.8, 4) is 0 Å². The molecule has 0 aromatic heterocycles. The van der Waals surface area contributed by atoms with Gasteiger partial charge in [-0.15, -0.1) is 0 Å². The summed E-state index contributed by atoms with van der Waals surface area (Å²) in [5, 5.41) is 8.76. The zero-order chi connectivity index (χ0) is 7.56. The molecule has 58 valence electrons. The van der Waals surface area contributed by atoms with E-state index in [0.29, 0.717) is 5.92 Å². The SMILES string of the molecule is C=C1C[C@H](C)C[C@@H](CO)O1. The van der Waals surface area contributed by atoms with Crippen molar-refractivity contribution >= 4 is 0 Å². The quantitative estimate of drug-likeness (QED) is 0.598. The van der Waals surface area contributed by atoms with Gasteiger partial charge in [-0.1, -0.05) is 13.5 Å². The molecule has 10 heavy (non-hydrogen) atoms. The Bertz CT molecular complexity index is 131. The summed E-state index contributed by atoms with van der Waals surface area (Å²) >= 11 is 0. The van der Waals surface area contributed by atoms with Crippen LogP contribution < -0.4 is 0 Å². The minimum Gasteiger partial charge on any atom is -0.493 e. The van der Waals surface area contributed by atoms with Gasteiger partial charge in [-0.2, -0.15) is 0 Å². The highest BCUT2D eigenvalue weighted by atomic mass is 16.5. The van der Waals surface area contributed by atoms with Crippen LogP contribution in [-0.2, 0) is 4.74 Å². The largest absolute Gasteiger partial charge is 0.493 e. The lowest BCUT2D eigenvalue weighted by Gasteiger charge is -2.28. The number of aliphatic hydroxyl groups excluding tert-OH is 1. The van der Waals surface area contributed by atoms with Gasteiger partial charge in [-0.05, 0) is 12.3 Å². The summed E-state index contributed by atoms with van der Waals surface area (Å²) in [7, 11) is 0. The molecule has 1 fully saturated rings. The van der Waals surface area contributed by atoms with Crippen molar-refractivity contribution in [3.05, 3.63) is 12.3 Å². The van der Waals surface area contributed by atoms with Crippen molar-refractivity contribution in [2.45, 2.75) is 25.9 Å². The Morgan fingerprint density at radius 3 is 3.00 bits per heavy atom. The number of hydrogen-bond donors (Lipinski definition) is 1. The lowest BCUT2D eigenvalue weighted by molar-refractivity contribution is 0.0114. The molecule has 2 atom stereocenters. The van der Waals surface area contributed by atoms with Gasteiger partial charge in [0.05, 0.1) is 12.4 Å². The van der Waals surface area contributed by atoms with E-state index in [1.807, 2.05) is 0 Å². The third-order valence-corrected chi connectivity index (χ3v) is 1.78. The molecule has 0 bridgehead atoms. The van der Waals surface area contributed by atoms with E-state index in [-0.39, 0.29) is 12.7 Å². The molecule has 0 aromatic rings. The minimum absolute atomic E-state index is 0.00347. The second kappa shape index (κ2) is 3.06. The summed E-state index contributed by atoms with van der Waals surface area (Å²) in [6.45, 7) is 5.99. The highest BCUT2D eigenvalue weighted by molar-refractivity contribution is 4.90. The van der Waals surface area contributed by atoms with Crippen LogP contribution in [0.5, 0.6) is 0 Å². The molecular formula is C8H14O2. The van der Waals surface area contributed by atoms with E-state index in [2.05, 4.69) is 13.5 Å². The second-order valence-corrected chi connectivity index (χ2v) is 3.01. The first kappa shape index (κ1) is 7.61. The molecule has 0 aliphatic carbocycles. The van der Waals surface area contributed by atoms with E-state index in [0.717, 1.165) is 18.6 Å². The van der Waals surface area contributed by atoms with Gasteiger partial charge in [0.1, 0.15) is 6.10 Å². The van der Waals surface area contributed by atoms with E-state index in [9.17, 15) is 0 Å². The molecule has 2 nitrogen and oxygen atoms in total. The number of hydrogen-bond acceptors (Lipinski definition) is 2. The van der Waals surface area contributed by atoms with Gasteiger partial charge in [0.15, 0.2) is 0 Å². The van der Waals surface area contributed by atoms with Crippen LogP contribution in [0.2, 0.25) is 0 Å². The van der Waals surface area contributed by atoms with Crippen LogP contribution >= 0.6 is 0 Å². The molecule has 0 amide bonds. The molecule has 0 unspecified atom stereocenters. The smallest absolute Gasteiger partial charge is 0.121 e. The lowest BCUT2D eigenvalue weighted by atomic mass is 9.97. The molecule has 1 aliphatic heterocycles. The topological polar surface area (TPSA) is 29.5 Å². The number of aliphatic hydroxyl groups is 1. The van der Waals surface area contributed by atoms with Gasteiger partial charge in [-0.3, -0.25) is 0 Å². The fourth-order valence-electron chi connectivity index (χ4n) is 1.36. The fraction of sp³-hybridized carbons (Fsp3) is 0.750. The highest BCUT2D eigenvalue weighted by Crippen LogP contribution is 2.25. The van der Waals surface area contributed by atoms with Crippen LogP contribution in [0.3, 0.4) is 0 Å². The van der Waals surface area contributed by atoms with Gasteiger partial charge in [0.25, 0.3) is 0 Å². The van der Waals surface area contributed by atoms with Crippen molar-refractivity contribution in [2.75, 3.05) is 6.61 Å². The maximum Gasteiger partial charge on any atom is 0.121 e. The van der Waals surface area contributed by atoms with Crippen LogP contribution in [0.4, 0.5) is 0 Å². The maximum absolute atomic E-state index is 8.76. The average Bonchev–Trinajstić information content (AvgIpc) is 1.85. The molecule has 0 radical (unpaired) electrons. The van der Waals surface area contributed by atoms with Gasteiger partial charge >= 0.3 is 0 Å². The molecule has 0 aromatic carbocycles. The zero-order valence-corrected chi connectivity index (χ0v) is 6.34. The maximum atomic E-state index is 8.76. The summed E-state index contributed by atoms with van der Waals surface area (Å²) in [6.07, 6.45) is 1.89. The van der Waals surface area contributed by atoms with Crippen molar-refractivity contribution in [1.29, 1.82) is 0 Å². The van der Waals surface area contributed by atoms with E-state index >= 15 is 0 Å². The van der Waals surface area contributed by atoms with Crippen LogP contribution in [-0.4, -0.2) is 17.8 Å². The van der Waals surface area contributed by atoms with Gasteiger partial charge in [-0.25, -0.2) is 0 Å². The molecule has 1 aliphatic rings. The van der Waals surface area contributed by atoms with Crippen LogP contribution in [0, 0.1) is 5.92 Å². The summed E-state index contributed by atoms with van der Waals surface area (Å²) < 4.78 is 5.26. The third kappa shape index (κ3) is 1.74. The summed E-state index contributed by atoms with van der Waals surface area (Å²) in [4.78, 5) is 0. The predicted octanol–water partition coefficient (Wildman–Crippen LogP) is 1.31. The molecule has 2 heteroatoms. The number of allylic oxidation sites excluding steroid dienone is 1. The van der Waals surface area contributed by atoms with Crippen molar-refractivity contribution in [3.63, 3.8) is 0 Å². The third-order valence-electron chi connectivity index (χ3n) is 1.78. The fourth-order valence-corrected chi connectivity index (χ4v) is 1.36. The van der Waals surface area contributed by atoms with Gasteiger partial charge in [0, 0.05) is 6.42 Å². The summed E-state index contributed by atoms with van der Waals surface area (Å²) in [5.41, 5.74) is 0. The number of ether oxygens (including phenoxy) is 1. The van der Waals surface area contributed by atoms with Crippen LogP contribution in [0.15, 0.2) is 12.3 Å². The Morgan fingerprint density at radius 1 is 1.80 bits per heavy atom. The minimum atomic E-state index is -0.00347. The van der Waals surface area contributed by atoms with E-state index < -0.39 is 0 Å². The van der Waals surface area contributed by atoms with E-state index in [1.165, 1.54) is 0 Å². The molecule has 0 saturated carbocycles. The first-order valence-electron chi connectivity index (χ1n) is 3.67. The summed E-state index contributed by atoms with van der Waals surface area (Å²) in [5.74, 6) is 1.43. The van der Waals surface area contributed by atoms with E-state index in [4.69, 9.17) is 9.84 Å². The Morgan fingerprint density at radius 2 is 2.50 bits per heavy atom. The van der Waals surface area contributed by atoms with Crippen molar-refractivity contribution in [1.82, 2.24) is 0 Å². The number of rotatable bonds is 1. The second-order valence-electron chi connectivity index (χ2n) is 3.01. The highest BCUT2D eigenvalue weighted by Gasteiger charge is 2.20. The summed E-state index contributed by atoms with van der Waals surface area (Å²) in [6, 6.07) is 0. The Kier molecular flexibility index (Phi) is 2.33. The zero-order valence-electron chi connectivity index (χ0n) is 6.34. The lowest BCUT2D eigenvalue weighted by Crippen LogP contribution is -2.25. The van der Waals surface area contributed by atoms with Crippen molar-refractivity contribution < 1.29 is 9.84 Å². The van der Waals surface area contributed by atoms with E-state index in [1.54, 1.807) is 0 Å². The standard InChI is InChI=1S/C8H14O2/c1-6-3-7(2)10-8(4-6)5-9/h6,8-9H,2-5H2,1H3/t6-,8-/m0/s1. The monoisotopic (exact) mass is 142 g/mol.